The van der Waals surface area contributed by atoms with E-state index in [0.29, 0.717) is 5.69 Å². The van der Waals surface area contributed by atoms with E-state index in [4.69, 9.17) is 5.26 Å². The summed E-state index contributed by atoms with van der Waals surface area (Å²) in [5.41, 5.74) is -0.803. The van der Waals surface area contributed by atoms with Crippen molar-refractivity contribution in [1.29, 1.82) is 5.26 Å². The summed E-state index contributed by atoms with van der Waals surface area (Å²) in [4.78, 5) is 19.9. The molecule has 0 saturated heterocycles. The number of rotatable bonds is 8. The Morgan fingerprint density at radius 3 is 2.52 bits per heavy atom. The van der Waals surface area contributed by atoms with Gasteiger partial charge in [0.1, 0.15) is 11.4 Å². The zero-order chi connectivity index (χ0) is 24.0. The Balaban J connectivity index is 1.99. The largest absolute Gasteiger partial charge is 0.433 e. The molecule has 2 N–H and O–H groups in total. The van der Waals surface area contributed by atoms with Crippen LogP contribution in [0.15, 0.2) is 36.5 Å². The van der Waals surface area contributed by atoms with Crippen LogP contribution >= 0.6 is 0 Å². The van der Waals surface area contributed by atoms with Crippen molar-refractivity contribution in [2.75, 3.05) is 10.6 Å². The molecule has 0 bridgehead atoms. The Bertz CT molecular complexity index is 1150. The van der Waals surface area contributed by atoms with E-state index in [2.05, 4.69) is 35.6 Å². The lowest BCUT2D eigenvalue weighted by atomic mass is 10.2. The number of pyridine rings is 2. The maximum Gasteiger partial charge on any atom is 0.433 e. The summed E-state index contributed by atoms with van der Waals surface area (Å²) in [5.74, 6) is -0.237. The molecule has 0 radical (unpaired) electrons. The van der Waals surface area contributed by atoms with Gasteiger partial charge in [0.05, 0.1) is 18.9 Å². The van der Waals surface area contributed by atoms with Gasteiger partial charge in [0.25, 0.3) is 0 Å². The van der Waals surface area contributed by atoms with Crippen LogP contribution in [0.1, 0.15) is 24.7 Å². The molecule has 1 atom stereocenters. The summed E-state index contributed by atoms with van der Waals surface area (Å²) >= 11 is 0. The van der Waals surface area contributed by atoms with Gasteiger partial charge in [-0.15, -0.1) is 0 Å². The first-order valence-corrected chi connectivity index (χ1v) is 9.58. The van der Waals surface area contributed by atoms with E-state index in [1.54, 1.807) is 6.92 Å². The summed E-state index contributed by atoms with van der Waals surface area (Å²) in [6.45, 7) is 1.70. The summed E-state index contributed by atoms with van der Waals surface area (Å²) in [6.07, 6.45) is -6.35. The van der Waals surface area contributed by atoms with Gasteiger partial charge in [-0.05, 0) is 31.2 Å². The van der Waals surface area contributed by atoms with E-state index >= 15 is 0 Å². The molecule has 3 aromatic heterocycles. The van der Waals surface area contributed by atoms with Crippen molar-refractivity contribution < 1.29 is 22.0 Å². The van der Waals surface area contributed by atoms with Crippen LogP contribution in [0.5, 0.6) is 0 Å². The van der Waals surface area contributed by atoms with Gasteiger partial charge >= 0.3 is 6.18 Å². The zero-order valence-corrected chi connectivity index (χ0v) is 17.1. The van der Waals surface area contributed by atoms with Gasteiger partial charge in [0.15, 0.2) is 5.82 Å². The molecule has 3 rings (SSSR count). The number of aromatic nitrogens is 5. The van der Waals surface area contributed by atoms with E-state index in [1.807, 2.05) is 6.07 Å². The standard InChI is InChI=1S/C20H17F5N8/c1-11(5-7-26)28-18-31-17(14-3-2-4-15(30-14)20(23,24)25)32-19(33-18)29-12-6-8-27-13(9-12)10-16(21)22/h2-4,6,8-9,11,16H,5,10H2,1H3,(H2,27,28,29,31,32,33). The van der Waals surface area contributed by atoms with Crippen molar-refractivity contribution in [3.05, 3.63) is 47.9 Å². The van der Waals surface area contributed by atoms with Crippen LogP contribution in [0.4, 0.5) is 39.5 Å². The predicted molar refractivity (Wildman–Crippen MR) is 109 cm³/mol. The average molecular weight is 464 g/mol. The Morgan fingerprint density at radius 1 is 1.06 bits per heavy atom. The highest BCUT2D eigenvalue weighted by Crippen LogP contribution is 2.29. The second-order valence-corrected chi connectivity index (χ2v) is 6.88. The third kappa shape index (κ3) is 6.76. The summed E-state index contributed by atoms with van der Waals surface area (Å²) < 4.78 is 64.6. The first-order valence-electron chi connectivity index (χ1n) is 9.58. The topological polar surface area (TPSA) is 112 Å². The SMILES string of the molecule is CC(CC#N)Nc1nc(Nc2ccnc(CC(F)F)c2)nc(-c2cccc(C(F)(F)F)n2)n1. The lowest BCUT2D eigenvalue weighted by molar-refractivity contribution is -0.141. The van der Waals surface area contributed by atoms with Crippen LogP contribution in [0, 0.1) is 11.3 Å². The number of hydrogen-bond donors (Lipinski definition) is 2. The van der Waals surface area contributed by atoms with Crippen molar-refractivity contribution in [1.82, 2.24) is 24.9 Å². The van der Waals surface area contributed by atoms with Gasteiger partial charge in [-0.2, -0.15) is 33.4 Å². The second-order valence-electron chi connectivity index (χ2n) is 6.88. The number of hydrogen-bond acceptors (Lipinski definition) is 8. The summed E-state index contributed by atoms with van der Waals surface area (Å²) in [6, 6.07) is 7.78. The molecular formula is C20H17F5N8. The monoisotopic (exact) mass is 464 g/mol. The molecule has 0 amide bonds. The van der Waals surface area contributed by atoms with Gasteiger partial charge in [0, 0.05) is 23.6 Å². The van der Waals surface area contributed by atoms with Crippen molar-refractivity contribution in [2.24, 2.45) is 0 Å². The van der Waals surface area contributed by atoms with E-state index in [-0.39, 0.29) is 41.6 Å². The fourth-order valence-corrected chi connectivity index (χ4v) is 2.69. The van der Waals surface area contributed by atoms with E-state index in [9.17, 15) is 22.0 Å². The second kappa shape index (κ2) is 10.1. The fourth-order valence-electron chi connectivity index (χ4n) is 2.69. The minimum Gasteiger partial charge on any atom is -0.351 e. The van der Waals surface area contributed by atoms with Crippen molar-refractivity contribution in [3.63, 3.8) is 0 Å². The molecule has 0 aliphatic heterocycles. The van der Waals surface area contributed by atoms with Crippen LogP contribution in [0.25, 0.3) is 11.5 Å². The normalized spacial score (nSPS) is 12.3. The van der Waals surface area contributed by atoms with E-state index < -0.39 is 24.7 Å². The Labute approximate surface area is 185 Å². The number of anilines is 3. The van der Waals surface area contributed by atoms with Gasteiger partial charge in [-0.1, -0.05) is 6.07 Å². The molecule has 0 spiro atoms. The highest BCUT2D eigenvalue weighted by atomic mass is 19.4. The molecule has 3 aromatic rings. The molecule has 172 valence electrons. The molecular weight excluding hydrogens is 447 g/mol. The highest BCUT2D eigenvalue weighted by Gasteiger charge is 2.32. The van der Waals surface area contributed by atoms with Crippen LogP contribution in [0.3, 0.4) is 0 Å². The Morgan fingerprint density at radius 2 is 1.82 bits per heavy atom. The fraction of sp³-hybridized carbons (Fsp3) is 0.300. The quantitative estimate of drug-likeness (QED) is 0.465. The molecule has 1 unspecified atom stereocenters. The molecule has 0 aliphatic carbocycles. The van der Waals surface area contributed by atoms with Gasteiger partial charge < -0.3 is 10.6 Å². The van der Waals surface area contributed by atoms with Crippen molar-refractivity contribution in [2.45, 2.75) is 38.4 Å². The molecule has 3 heterocycles. The summed E-state index contributed by atoms with van der Waals surface area (Å²) in [5, 5.41) is 14.6. The minimum atomic E-state index is -4.66. The first kappa shape index (κ1) is 23.7. The predicted octanol–water partition coefficient (Wildman–Crippen LogP) is 4.61. The van der Waals surface area contributed by atoms with Crippen LogP contribution < -0.4 is 10.6 Å². The Kier molecular flexibility index (Phi) is 7.27. The molecule has 13 heteroatoms. The number of alkyl halides is 5. The molecule has 0 fully saturated rings. The molecule has 0 aromatic carbocycles. The van der Waals surface area contributed by atoms with Crippen LogP contribution in [0.2, 0.25) is 0 Å². The third-order valence-corrected chi connectivity index (χ3v) is 4.11. The van der Waals surface area contributed by atoms with Crippen molar-refractivity contribution >= 4 is 17.6 Å². The van der Waals surface area contributed by atoms with Gasteiger partial charge in [-0.25, -0.2) is 13.8 Å². The maximum atomic E-state index is 13.1. The lowest BCUT2D eigenvalue weighted by Gasteiger charge is -2.14. The molecule has 0 saturated carbocycles. The van der Waals surface area contributed by atoms with Crippen LogP contribution in [-0.2, 0) is 12.6 Å². The minimum absolute atomic E-state index is 0.00804. The highest BCUT2D eigenvalue weighted by molar-refractivity contribution is 5.59. The van der Waals surface area contributed by atoms with Crippen molar-refractivity contribution in [3.8, 4) is 17.6 Å². The first-order chi connectivity index (χ1) is 15.6. The number of halogens is 5. The molecule has 8 nitrogen and oxygen atoms in total. The van der Waals surface area contributed by atoms with Gasteiger partial charge in [-0.3, -0.25) is 4.98 Å². The number of nitriles is 1. The Hall–Kier alpha value is -3.95. The number of nitrogens with zero attached hydrogens (tertiary/aromatic N) is 6. The smallest absolute Gasteiger partial charge is 0.351 e. The van der Waals surface area contributed by atoms with E-state index in [0.717, 1.165) is 6.07 Å². The van der Waals surface area contributed by atoms with Crippen LogP contribution in [-0.4, -0.2) is 37.4 Å². The lowest BCUT2D eigenvalue weighted by Crippen LogP contribution is -2.18. The number of nitrogens with one attached hydrogen (secondary N) is 2. The van der Waals surface area contributed by atoms with E-state index in [1.165, 1.54) is 30.5 Å². The zero-order valence-electron chi connectivity index (χ0n) is 17.1. The third-order valence-electron chi connectivity index (χ3n) is 4.11. The van der Waals surface area contributed by atoms with Gasteiger partial charge in [0.2, 0.25) is 18.3 Å². The maximum absolute atomic E-state index is 13.1. The molecule has 0 aliphatic rings. The summed E-state index contributed by atoms with van der Waals surface area (Å²) in [7, 11) is 0. The molecule has 33 heavy (non-hydrogen) atoms. The average Bonchev–Trinajstić information content (AvgIpc) is 2.73.